The van der Waals surface area contributed by atoms with Gasteiger partial charge in [-0.25, -0.2) is 0 Å². The van der Waals surface area contributed by atoms with Gasteiger partial charge in [0, 0.05) is 16.7 Å². The third-order valence-corrected chi connectivity index (χ3v) is 4.50. The van der Waals surface area contributed by atoms with Gasteiger partial charge in [0.1, 0.15) is 0 Å². The molecule has 0 spiro atoms. The minimum absolute atomic E-state index is 0.708. The molecule has 2 rings (SSSR count). The van der Waals surface area contributed by atoms with Gasteiger partial charge < -0.3 is 4.98 Å². The largest absolute Gasteiger partial charge is 0.350 e. The standard InChI is InChI=1S/C13H17NS2/c1-2-10(8-15)9-16-13-7-11-5-3-4-6-12(11)14-13/h3-7,10,14-15H,2,8-9H2,1H3. The molecule has 2 aromatic rings. The van der Waals surface area contributed by atoms with Crippen LogP contribution in [0.5, 0.6) is 0 Å². The highest BCUT2D eigenvalue weighted by molar-refractivity contribution is 7.99. The second-order valence-electron chi connectivity index (χ2n) is 3.99. The minimum Gasteiger partial charge on any atom is -0.350 e. The third-order valence-electron chi connectivity index (χ3n) is 2.82. The Morgan fingerprint density at radius 1 is 1.38 bits per heavy atom. The van der Waals surface area contributed by atoms with Crippen molar-refractivity contribution in [1.29, 1.82) is 0 Å². The van der Waals surface area contributed by atoms with Crippen LogP contribution in [0.3, 0.4) is 0 Å². The predicted molar refractivity (Wildman–Crippen MR) is 76.7 cm³/mol. The van der Waals surface area contributed by atoms with Crippen molar-refractivity contribution in [2.24, 2.45) is 5.92 Å². The minimum atomic E-state index is 0.708. The molecule has 1 aromatic carbocycles. The van der Waals surface area contributed by atoms with Gasteiger partial charge in [-0.2, -0.15) is 12.6 Å². The Kier molecular flexibility index (Phi) is 4.24. The fraction of sp³-hybridized carbons (Fsp3) is 0.385. The monoisotopic (exact) mass is 251 g/mol. The van der Waals surface area contributed by atoms with Gasteiger partial charge in [-0.05, 0) is 23.8 Å². The maximum absolute atomic E-state index is 4.37. The maximum Gasteiger partial charge on any atom is 0.0732 e. The van der Waals surface area contributed by atoms with Gasteiger partial charge in [0.25, 0.3) is 0 Å². The zero-order chi connectivity index (χ0) is 11.4. The van der Waals surface area contributed by atoms with Crippen molar-refractivity contribution in [3.63, 3.8) is 0 Å². The number of nitrogens with one attached hydrogen (secondary N) is 1. The maximum atomic E-state index is 4.37. The highest BCUT2D eigenvalue weighted by Gasteiger charge is 2.06. The third kappa shape index (κ3) is 2.77. The summed E-state index contributed by atoms with van der Waals surface area (Å²) in [4.78, 5) is 3.44. The van der Waals surface area contributed by atoms with Crippen molar-refractivity contribution < 1.29 is 0 Å². The average molecular weight is 251 g/mol. The first kappa shape index (κ1) is 11.9. The number of thiol groups is 1. The second kappa shape index (κ2) is 5.69. The number of rotatable bonds is 5. The number of benzene rings is 1. The number of hydrogen-bond acceptors (Lipinski definition) is 2. The van der Waals surface area contributed by atoms with Crippen LogP contribution in [0.4, 0.5) is 0 Å². The molecule has 16 heavy (non-hydrogen) atoms. The van der Waals surface area contributed by atoms with Crippen molar-refractivity contribution in [3.8, 4) is 0 Å². The molecule has 0 bridgehead atoms. The number of H-pyrrole nitrogens is 1. The molecule has 0 amide bonds. The summed E-state index contributed by atoms with van der Waals surface area (Å²) >= 11 is 6.27. The van der Waals surface area contributed by atoms with E-state index in [1.54, 1.807) is 0 Å². The van der Waals surface area contributed by atoms with E-state index in [9.17, 15) is 0 Å². The van der Waals surface area contributed by atoms with Crippen molar-refractivity contribution in [1.82, 2.24) is 4.98 Å². The predicted octanol–water partition coefficient (Wildman–Crippen LogP) is 4.22. The quantitative estimate of drug-likeness (QED) is 0.600. The molecule has 0 aliphatic carbocycles. The fourth-order valence-electron chi connectivity index (χ4n) is 1.63. The number of thioether (sulfide) groups is 1. The van der Waals surface area contributed by atoms with E-state index in [4.69, 9.17) is 0 Å². The number of hydrogen-bond donors (Lipinski definition) is 2. The highest BCUT2D eigenvalue weighted by Crippen LogP contribution is 2.25. The van der Waals surface area contributed by atoms with Crippen LogP contribution >= 0.6 is 24.4 Å². The normalized spacial score (nSPS) is 13.1. The van der Waals surface area contributed by atoms with E-state index in [-0.39, 0.29) is 0 Å². The van der Waals surface area contributed by atoms with E-state index in [2.05, 4.69) is 54.9 Å². The van der Waals surface area contributed by atoms with E-state index in [0.29, 0.717) is 5.92 Å². The van der Waals surface area contributed by atoms with Crippen molar-refractivity contribution in [3.05, 3.63) is 30.3 Å². The average Bonchev–Trinajstić information content (AvgIpc) is 2.73. The molecule has 1 unspecified atom stereocenters. The van der Waals surface area contributed by atoms with Gasteiger partial charge in [-0.1, -0.05) is 31.5 Å². The molecular weight excluding hydrogens is 234 g/mol. The summed E-state index contributed by atoms with van der Waals surface area (Å²) in [5.74, 6) is 2.83. The lowest BCUT2D eigenvalue weighted by molar-refractivity contribution is 0.649. The lowest BCUT2D eigenvalue weighted by Crippen LogP contribution is -2.03. The molecule has 3 heteroatoms. The Morgan fingerprint density at radius 2 is 2.19 bits per heavy atom. The molecule has 1 N–H and O–H groups in total. The van der Waals surface area contributed by atoms with Crippen LogP contribution < -0.4 is 0 Å². The molecule has 0 saturated heterocycles. The molecule has 0 fully saturated rings. The lowest BCUT2D eigenvalue weighted by atomic mass is 10.2. The van der Waals surface area contributed by atoms with Gasteiger partial charge in [-0.3, -0.25) is 0 Å². The van der Waals surface area contributed by atoms with E-state index < -0.39 is 0 Å². The van der Waals surface area contributed by atoms with Gasteiger partial charge in [-0.15, -0.1) is 11.8 Å². The number of para-hydroxylation sites is 1. The Morgan fingerprint density at radius 3 is 2.88 bits per heavy atom. The smallest absolute Gasteiger partial charge is 0.0732 e. The molecule has 1 heterocycles. The first-order valence-corrected chi connectivity index (χ1v) is 7.26. The van der Waals surface area contributed by atoms with Crippen LogP contribution in [0, 0.1) is 5.92 Å². The van der Waals surface area contributed by atoms with Crippen LogP contribution in [0.25, 0.3) is 10.9 Å². The molecule has 1 aromatic heterocycles. The Bertz CT molecular complexity index is 413. The summed E-state index contributed by atoms with van der Waals surface area (Å²) in [6.45, 7) is 2.23. The van der Waals surface area contributed by atoms with Crippen LogP contribution in [0.1, 0.15) is 13.3 Å². The number of aromatic nitrogens is 1. The zero-order valence-corrected chi connectivity index (χ0v) is 11.2. The van der Waals surface area contributed by atoms with Gasteiger partial charge in [0.15, 0.2) is 0 Å². The van der Waals surface area contributed by atoms with Crippen LogP contribution in [-0.2, 0) is 0 Å². The number of fused-ring (bicyclic) bond motifs is 1. The second-order valence-corrected chi connectivity index (χ2v) is 5.42. The Labute approximate surface area is 106 Å². The van der Waals surface area contributed by atoms with Crippen LogP contribution in [0.2, 0.25) is 0 Å². The van der Waals surface area contributed by atoms with E-state index in [1.165, 1.54) is 22.3 Å². The zero-order valence-electron chi connectivity index (χ0n) is 9.44. The summed E-state index contributed by atoms with van der Waals surface area (Å²) in [6, 6.07) is 10.6. The van der Waals surface area contributed by atoms with Crippen molar-refractivity contribution in [2.75, 3.05) is 11.5 Å². The van der Waals surface area contributed by atoms with Crippen LogP contribution in [-0.4, -0.2) is 16.5 Å². The molecule has 0 aliphatic rings. The number of aromatic amines is 1. The SMILES string of the molecule is CCC(CS)CSc1cc2ccccc2[nH]1. The van der Waals surface area contributed by atoms with Crippen molar-refractivity contribution in [2.45, 2.75) is 18.4 Å². The van der Waals surface area contributed by atoms with Gasteiger partial charge in [0.2, 0.25) is 0 Å². The molecule has 0 saturated carbocycles. The Hall–Kier alpha value is -0.540. The summed E-state index contributed by atoms with van der Waals surface area (Å²) in [5.41, 5.74) is 1.23. The summed E-state index contributed by atoms with van der Waals surface area (Å²) in [7, 11) is 0. The topological polar surface area (TPSA) is 15.8 Å². The van der Waals surface area contributed by atoms with E-state index in [0.717, 1.165) is 11.5 Å². The summed E-state index contributed by atoms with van der Waals surface area (Å²) < 4.78 is 0. The Balaban J connectivity index is 2.04. The molecule has 1 nitrogen and oxygen atoms in total. The van der Waals surface area contributed by atoms with Gasteiger partial charge >= 0.3 is 0 Å². The highest BCUT2D eigenvalue weighted by atomic mass is 32.2. The first-order valence-electron chi connectivity index (χ1n) is 5.65. The summed E-state index contributed by atoms with van der Waals surface area (Å²) in [6.07, 6.45) is 1.21. The summed E-state index contributed by atoms with van der Waals surface area (Å²) in [5, 5.41) is 2.56. The van der Waals surface area contributed by atoms with E-state index in [1.807, 2.05) is 11.8 Å². The van der Waals surface area contributed by atoms with Crippen molar-refractivity contribution >= 4 is 35.3 Å². The molecule has 0 aliphatic heterocycles. The first-order chi connectivity index (χ1) is 7.83. The van der Waals surface area contributed by atoms with E-state index >= 15 is 0 Å². The molecule has 86 valence electrons. The molecular formula is C13H17NS2. The molecule has 1 atom stereocenters. The fourth-order valence-corrected chi connectivity index (χ4v) is 3.36. The molecule has 0 radical (unpaired) electrons. The van der Waals surface area contributed by atoms with Crippen LogP contribution in [0.15, 0.2) is 35.4 Å². The lowest BCUT2D eigenvalue weighted by Gasteiger charge is -2.09. The van der Waals surface area contributed by atoms with Gasteiger partial charge in [0.05, 0.1) is 5.03 Å².